The number of hydrogen-bond acceptors (Lipinski definition) is 3. The lowest BCUT2D eigenvalue weighted by Gasteiger charge is -2.40. The van der Waals surface area contributed by atoms with Crippen molar-refractivity contribution < 1.29 is 9.53 Å². The summed E-state index contributed by atoms with van der Waals surface area (Å²) in [6, 6.07) is 7.50. The normalized spacial score (nSPS) is 17.9. The number of nitriles is 1. The SMILES string of the molecule is C[C@H](Oc1ccc(Cl)cc1Br)C(=O)N(C)C1(C#N)CCCCC1. The fourth-order valence-electron chi connectivity index (χ4n) is 2.95. The van der Waals surface area contributed by atoms with Gasteiger partial charge in [-0.1, -0.05) is 30.9 Å². The first kappa shape index (κ1) is 18.1. The van der Waals surface area contributed by atoms with E-state index in [9.17, 15) is 10.1 Å². The van der Waals surface area contributed by atoms with Crippen LogP contribution in [0.15, 0.2) is 22.7 Å². The summed E-state index contributed by atoms with van der Waals surface area (Å²) in [5, 5.41) is 10.2. The topological polar surface area (TPSA) is 53.3 Å². The third-order valence-corrected chi connectivity index (χ3v) is 5.26. The van der Waals surface area contributed by atoms with Crippen LogP contribution >= 0.6 is 27.5 Å². The highest BCUT2D eigenvalue weighted by atomic mass is 79.9. The predicted molar refractivity (Wildman–Crippen MR) is 93.4 cm³/mol. The van der Waals surface area contributed by atoms with Gasteiger partial charge in [0, 0.05) is 12.1 Å². The van der Waals surface area contributed by atoms with E-state index in [0.717, 1.165) is 32.1 Å². The molecular formula is C17H20BrClN2O2. The summed E-state index contributed by atoms with van der Waals surface area (Å²) in [4.78, 5) is 14.3. The predicted octanol–water partition coefficient (Wildman–Crippen LogP) is 4.55. The van der Waals surface area contributed by atoms with E-state index < -0.39 is 11.6 Å². The summed E-state index contributed by atoms with van der Waals surface area (Å²) in [5.41, 5.74) is -0.704. The highest BCUT2D eigenvalue weighted by molar-refractivity contribution is 9.10. The van der Waals surface area contributed by atoms with Crippen molar-refractivity contribution >= 4 is 33.4 Å². The van der Waals surface area contributed by atoms with Crippen molar-refractivity contribution in [1.29, 1.82) is 5.26 Å². The van der Waals surface area contributed by atoms with E-state index >= 15 is 0 Å². The summed E-state index contributed by atoms with van der Waals surface area (Å²) in [7, 11) is 1.70. The van der Waals surface area contributed by atoms with Gasteiger partial charge in [0.2, 0.25) is 0 Å². The van der Waals surface area contributed by atoms with E-state index in [-0.39, 0.29) is 5.91 Å². The molecule has 1 aromatic rings. The molecule has 1 atom stereocenters. The van der Waals surface area contributed by atoms with E-state index in [0.29, 0.717) is 15.2 Å². The molecule has 1 amide bonds. The zero-order chi connectivity index (χ0) is 17.0. The smallest absolute Gasteiger partial charge is 0.264 e. The van der Waals surface area contributed by atoms with Crippen molar-refractivity contribution in [3.05, 3.63) is 27.7 Å². The Hall–Kier alpha value is -1.25. The van der Waals surface area contributed by atoms with Crippen molar-refractivity contribution in [2.24, 2.45) is 0 Å². The maximum absolute atomic E-state index is 12.7. The fraction of sp³-hybridized carbons (Fsp3) is 0.529. The van der Waals surface area contributed by atoms with E-state index in [1.165, 1.54) is 0 Å². The van der Waals surface area contributed by atoms with Crippen LogP contribution in [-0.4, -0.2) is 29.5 Å². The first-order valence-electron chi connectivity index (χ1n) is 7.70. The van der Waals surface area contributed by atoms with Crippen LogP contribution in [0.25, 0.3) is 0 Å². The summed E-state index contributed by atoms with van der Waals surface area (Å²) in [6.45, 7) is 1.70. The fourth-order valence-corrected chi connectivity index (χ4v) is 3.73. The van der Waals surface area contributed by atoms with Gasteiger partial charge in [0.25, 0.3) is 5.91 Å². The number of likely N-dealkylation sites (N-methyl/N-ethyl adjacent to an activating group) is 1. The molecule has 1 aromatic carbocycles. The molecule has 0 bridgehead atoms. The minimum Gasteiger partial charge on any atom is -0.480 e. The van der Waals surface area contributed by atoms with E-state index in [2.05, 4.69) is 22.0 Å². The number of rotatable bonds is 4. The van der Waals surface area contributed by atoms with Crippen LogP contribution in [0.4, 0.5) is 0 Å². The van der Waals surface area contributed by atoms with Crippen LogP contribution < -0.4 is 4.74 Å². The number of carbonyl (C=O) groups excluding carboxylic acids is 1. The standard InChI is InChI=1S/C17H20BrClN2O2/c1-12(23-15-7-6-13(19)10-14(15)18)16(22)21(2)17(11-20)8-4-3-5-9-17/h6-7,10,12H,3-5,8-9H2,1-2H3/t12-/m0/s1. The number of nitrogens with zero attached hydrogens (tertiary/aromatic N) is 2. The Morgan fingerprint density at radius 1 is 1.43 bits per heavy atom. The molecule has 1 saturated carbocycles. The second-order valence-electron chi connectivity index (χ2n) is 5.94. The molecule has 0 N–H and O–H groups in total. The molecule has 0 spiro atoms. The highest BCUT2D eigenvalue weighted by Gasteiger charge is 2.40. The van der Waals surface area contributed by atoms with Gasteiger partial charge in [0.05, 0.1) is 10.5 Å². The molecular weight excluding hydrogens is 380 g/mol. The van der Waals surface area contributed by atoms with Gasteiger partial charge in [-0.2, -0.15) is 5.26 Å². The van der Waals surface area contributed by atoms with Crippen LogP contribution in [0, 0.1) is 11.3 Å². The van der Waals surface area contributed by atoms with E-state index in [4.69, 9.17) is 16.3 Å². The van der Waals surface area contributed by atoms with E-state index in [1.54, 1.807) is 37.1 Å². The third kappa shape index (κ3) is 3.99. The average molecular weight is 400 g/mol. The maximum Gasteiger partial charge on any atom is 0.264 e. The molecule has 0 aliphatic heterocycles. The van der Waals surface area contributed by atoms with Crippen molar-refractivity contribution in [3.63, 3.8) is 0 Å². The first-order valence-corrected chi connectivity index (χ1v) is 8.87. The number of halogens is 2. The molecule has 2 rings (SSSR count). The Kier molecular flexibility index (Phi) is 5.94. The molecule has 4 nitrogen and oxygen atoms in total. The summed E-state index contributed by atoms with van der Waals surface area (Å²) in [5.74, 6) is 0.369. The summed E-state index contributed by atoms with van der Waals surface area (Å²) >= 11 is 9.28. The summed E-state index contributed by atoms with van der Waals surface area (Å²) in [6.07, 6.45) is 3.85. The number of hydrogen-bond donors (Lipinski definition) is 0. The van der Waals surface area contributed by atoms with Crippen LogP contribution in [0.1, 0.15) is 39.0 Å². The van der Waals surface area contributed by atoms with Crippen LogP contribution in [-0.2, 0) is 4.79 Å². The Labute approximate surface area is 150 Å². The lowest BCUT2D eigenvalue weighted by atomic mass is 9.81. The highest BCUT2D eigenvalue weighted by Crippen LogP contribution is 2.34. The zero-order valence-corrected chi connectivity index (χ0v) is 15.7. The Morgan fingerprint density at radius 3 is 2.65 bits per heavy atom. The Bertz CT molecular complexity index is 624. The number of ether oxygens (including phenoxy) is 1. The first-order chi connectivity index (χ1) is 10.9. The molecule has 0 radical (unpaired) electrons. The third-order valence-electron chi connectivity index (χ3n) is 4.41. The second kappa shape index (κ2) is 7.55. The molecule has 1 aliphatic rings. The van der Waals surface area contributed by atoms with Gasteiger partial charge in [-0.05, 0) is 53.9 Å². The molecule has 0 aromatic heterocycles. The minimum absolute atomic E-state index is 0.185. The van der Waals surface area contributed by atoms with Gasteiger partial charge in [-0.15, -0.1) is 0 Å². The van der Waals surface area contributed by atoms with Crippen LogP contribution in [0.5, 0.6) is 5.75 Å². The summed E-state index contributed by atoms with van der Waals surface area (Å²) < 4.78 is 6.45. The van der Waals surface area contributed by atoms with Crippen molar-refractivity contribution in [1.82, 2.24) is 4.90 Å². The Balaban J connectivity index is 2.10. The van der Waals surface area contributed by atoms with Crippen LogP contribution in [0.3, 0.4) is 0 Å². The molecule has 1 aliphatic carbocycles. The van der Waals surface area contributed by atoms with Crippen molar-refractivity contribution in [2.45, 2.75) is 50.7 Å². The number of benzene rings is 1. The molecule has 124 valence electrons. The Morgan fingerprint density at radius 2 is 2.09 bits per heavy atom. The van der Waals surface area contributed by atoms with Gasteiger partial charge in [-0.25, -0.2) is 0 Å². The molecule has 6 heteroatoms. The number of carbonyl (C=O) groups is 1. The minimum atomic E-state index is -0.704. The largest absolute Gasteiger partial charge is 0.480 e. The van der Waals surface area contributed by atoms with E-state index in [1.807, 2.05) is 0 Å². The molecule has 23 heavy (non-hydrogen) atoms. The lowest BCUT2D eigenvalue weighted by molar-refractivity contribution is -0.141. The van der Waals surface area contributed by atoms with Crippen molar-refractivity contribution in [2.75, 3.05) is 7.05 Å². The molecule has 0 heterocycles. The lowest BCUT2D eigenvalue weighted by Crippen LogP contribution is -2.53. The van der Waals surface area contributed by atoms with Crippen molar-refractivity contribution in [3.8, 4) is 11.8 Å². The van der Waals surface area contributed by atoms with Gasteiger partial charge < -0.3 is 9.64 Å². The number of amides is 1. The zero-order valence-electron chi connectivity index (χ0n) is 13.3. The molecule has 0 unspecified atom stereocenters. The van der Waals surface area contributed by atoms with Gasteiger partial charge in [0.15, 0.2) is 6.10 Å². The van der Waals surface area contributed by atoms with Gasteiger partial charge in [-0.3, -0.25) is 4.79 Å². The second-order valence-corrected chi connectivity index (χ2v) is 7.23. The quantitative estimate of drug-likeness (QED) is 0.746. The average Bonchev–Trinajstić information content (AvgIpc) is 2.56. The maximum atomic E-state index is 12.7. The molecule has 0 saturated heterocycles. The van der Waals surface area contributed by atoms with Gasteiger partial charge in [0.1, 0.15) is 11.3 Å². The molecule has 1 fully saturated rings. The van der Waals surface area contributed by atoms with Crippen LogP contribution in [0.2, 0.25) is 5.02 Å². The monoisotopic (exact) mass is 398 g/mol. The van der Waals surface area contributed by atoms with Gasteiger partial charge >= 0.3 is 0 Å².